The first-order valence-electron chi connectivity index (χ1n) is 10.4. The van der Waals surface area contributed by atoms with Crippen molar-refractivity contribution in [2.24, 2.45) is 7.05 Å². The summed E-state index contributed by atoms with van der Waals surface area (Å²) in [7, 11) is 1.86. The first-order valence-corrected chi connectivity index (χ1v) is 10.8. The maximum atomic E-state index is 13.3. The molecule has 0 spiro atoms. The molecule has 0 aliphatic rings. The highest BCUT2D eigenvalue weighted by Crippen LogP contribution is 2.27. The van der Waals surface area contributed by atoms with Gasteiger partial charge in [-0.1, -0.05) is 35.9 Å². The summed E-state index contributed by atoms with van der Waals surface area (Å²) in [5.41, 5.74) is 4.26. The summed E-state index contributed by atoms with van der Waals surface area (Å²) < 4.78 is 16.6. The van der Waals surface area contributed by atoms with Crippen molar-refractivity contribution in [2.45, 2.75) is 13.5 Å². The summed E-state index contributed by atoms with van der Waals surface area (Å²) in [6, 6.07) is 13.3. The van der Waals surface area contributed by atoms with Gasteiger partial charge in [0.15, 0.2) is 0 Å². The number of carbonyl (C=O) groups excluding carboxylic acids is 1. The molecule has 3 aromatic heterocycles. The van der Waals surface area contributed by atoms with Gasteiger partial charge in [0.2, 0.25) is 5.95 Å². The van der Waals surface area contributed by atoms with Crippen LogP contribution < -0.4 is 5.32 Å². The Kier molecular flexibility index (Phi) is 5.54. The van der Waals surface area contributed by atoms with E-state index in [0.29, 0.717) is 32.7 Å². The number of amides is 1. The number of hydrogen-bond acceptors (Lipinski definition) is 5. The van der Waals surface area contributed by atoms with Gasteiger partial charge in [-0.15, -0.1) is 5.10 Å². The van der Waals surface area contributed by atoms with E-state index in [0.717, 1.165) is 11.3 Å². The molecular weight excluding hydrogens is 457 g/mol. The third kappa shape index (κ3) is 4.13. The zero-order valence-electron chi connectivity index (χ0n) is 18.3. The Hall–Kier alpha value is -4.11. The van der Waals surface area contributed by atoms with Crippen LogP contribution in [0.3, 0.4) is 0 Å². The number of benzene rings is 2. The van der Waals surface area contributed by atoms with Crippen LogP contribution in [0.1, 0.15) is 21.6 Å². The van der Waals surface area contributed by atoms with E-state index in [1.165, 1.54) is 23.1 Å². The van der Waals surface area contributed by atoms with Gasteiger partial charge in [-0.3, -0.25) is 14.8 Å². The Bertz CT molecular complexity index is 1540. The molecule has 0 fully saturated rings. The molecule has 0 aliphatic heterocycles. The van der Waals surface area contributed by atoms with Crippen molar-refractivity contribution < 1.29 is 9.18 Å². The van der Waals surface area contributed by atoms with Gasteiger partial charge in [0.1, 0.15) is 12.1 Å². The van der Waals surface area contributed by atoms with Gasteiger partial charge in [-0.2, -0.15) is 5.10 Å². The van der Waals surface area contributed by atoms with Crippen LogP contribution in [0.5, 0.6) is 0 Å². The van der Waals surface area contributed by atoms with Gasteiger partial charge in [0, 0.05) is 28.7 Å². The topological polar surface area (TPSA) is 90.5 Å². The third-order valence-electron chi connectivity index (χ3n) is 5.58. The molecule has 34 heavy (non-hydrogen) atoms. The van der Waals surface area contributed by atoms with E-state index in [1.54, 1.807) is 23.0 Å². The molecule has 5 aromatic rings. The zero-order chi connectivity index (χ0) is 23.8. The molecule has 10 heteroatoms. The summed E-state index contributed by atoms with van der Waals surface area (Å²) in [6.45, 7) is 2.23. The number of carbonyl (C=O) groups is 1. The van der Waals surface area contributed by atoms with Crippen molar-refractivity contribution in [1.82, 2.24) is 29.5 Å². The van der Waals surface area contributed by atoms with Crippen LogP contribution >= 0.6 is 11.6 Å². The lowest BCUT2D eigenvalue weighted by Crippen LogP contribution is -2.14. The number of pyridine rings is 1. The molecule has 8 nitrogen and oxygen atoms in total. The minimum absolute atomic E-state index is 0.142. The predicted octanol–water partition coefficient (Wildman–Crippen LogP) is 4.63. The average Bonchev–Trinajstić information content (AvgIpc) is 3.40. The fourth-order valence-electron chi connectivity index (χ4n) is 3.67. The summed E-state index contributed by atoms with van der Waals surface area (Å²) >= 11 is 6.10. The lowest BCUT2D eigenvalue weighted by atomic mass is 10.0. The summed E-state index contributed by atoms with van der Waals surface area (Å²) in [5, 5.41) is 12.4. The van der Waals surface area contributed by atoms with Gasteiger partial charge >= 0.3 is 0 Å². The molecule has 0 saturated carbocycles. The number of nitrogens with zero attached hydrogens (tertiary/aromatic N) is 6. The van der Waals surface area contributed by atoms with Crippen molar-refractivity contribution in [3.63, 3.8) is 0 Å². The molecule has 0 saturated heterocycles. The van der Waals surface area contributed by atoms with Gasteiger partial charge in [0.25, 0.3) is 5.91 Å². The van der Waals surface area contributed by atoms with Crippen molar-refractivity contribution in [3.05, 3.63) is 88.7 Å². The van der Waals surface area contributed by atoms with E-state index in [9.17, 15) is 9.18 Å². The summed E-state index contributed by atoms with van der Waals surface area (Å²) in [4.78, 5) is 22.2. The molecule has 170 valence electrons. The number of nitrogens with one attached hydrogen (secondary N) is 1. The number of anilines is 1. The molecule has 0 unspecified atom stereocenters. The van der Waals surface area contributed by atoms with Crippen molar-refractivity contribution in [3.8, 4) is 11.3 Å². The highest BCUT2D eigenvalue weighted by Gasteiger charge is 2.17. The first-order chi connectivity index (χ1) is 16.4. The van der Waals surface area contributed by atoms with E-state index < -0.39 is 5.82 Å². The number of para-hydroxylation sites is 1. The Morgan fingerprint density at radius 1 is 1.18 bits per heavy atom. The van der Waals surface area contributed by atoms with E-state index in [4.69, 9.17) is 16.6 Å². The second kappa shape index (κ2) is 8.68. The highest BCUT2D eigenvalue weighted by atomic mass is 35.5. The number of aryl methyl sites for hydroxylation is 1. The second-order valence-corrected chi connectivity index (χ2v) is 8.20. The molecular formula is C24H19ClFN7O. The van der Waals surface area contributed by atoms with E-state index in [2.05, 4.69) is 20.5 Å². The minimum atomic E-state index is -0.411. The van der Waals surface area contributed by atoms with Crippen LogP contribution in [0, 0.1) is 12.7 Å². The average molecular weight is 476 g/mol. The minimum Gasteiger partial charge on any atom is -0.289 e. The SMILES string of the molecule is Cc1c(-c2cc(C(=O)Nc3ncn(Cc4ccc(F)cc4Cl)n3)c3ccccc3n2)cnn1C. The molecule has 0 aliphatic carbocycles. The largest absolute Gasteiger partial charge is 0.289 e. The third-order valence-corrected chi connectivity index (χ3v) is 5.93. The number of aromatic nitrogens is 6. The second-order valence-electron chi connectivity index (χ2n) is 7.80. The first kappa shape index (κ1) is 21.7. The molecule has 0 bridgehead atoms. The normalized spacial score (nSPS) is 11.2. The molecule has 0 atom stereocenters. The molecule has 3 heterocycles. The van der Waals surface area contributed by atoms with Crippen LogP contribution in [-0.2, 0) is 13.6 Å². The Labute approximate surface area is 199 Å². The lowest BCUT2D eigenvalue weighted by Gasteiger charge is -2.09. The molecule has 0 radical (unpaired) electrons. The number of fused-ring (bicyclic) bond motifs is 1. The van der Waals surface area contributed by atoms with Crippen molar-refractivity contribution >= 4 is 34.4 Å². The highest BCUT2D eigenvalue weighted by molar-refractivity contribution is 6.31. The van der Waals surface area contributed by atoms with Crippen LogP contribution in [0.25, 0.3) is 22.2 Å². The van der Waals surface area contributed by atoms with Crippen LogP contribution in [0.15, 0.2) is 61.1 Å². The number of rotatable bonds is 5. The summed E-state index contributed by atoms with van der Waals surface area (Å²) in [6.07, 6.45) is 3.21. The maximum Gasteiger partial charge on any atom is 0.258 e. The van der Waals surface area contributed by atoms with Crippen molar-refractivity contribution in [2.75, 3.05) is 5.32 Å². The van der Waals surface area contributed by atoms with Gasteiger partial charge in [0.05, 0.1) is 29.5 Å². The van der Waals surface area contributed by atoms with Crippen molar-refractivity contribution in [1.29, 1.82) is 0 Å². The monoisotopic (exact) mass is 475 g/mol. The van der Waals surface area contributed by atoms with Gasteiger partial charge in [-0.25, -0.2) is 19.0 Å². The fraction of sp³-hybridized carbons (Fsp3) is 0.125. The quantitative estimate of drug-likeness (QED) is 0.400. The molecule has 2 aromatic carbocycles. The predicted molar refractivity (Wildman–Crippen MR) is 127 cm³/mol. The van der Waals surface area contributed by atoms with E-state index >= 15 is 0 Å². The molecule has 1 amide bonds. The fourth-order valence-corrected chi connectivity index (χ4v) is 3.90. The number of hydrogen-bond donors (Lipinski definition) is 1. The standard InChI is InChI=1S/C24H19ClFN7O/c1-14-19(11-28-32(14)2)22-10-18(17-5-3-4-6-21(17)29-22)23(34)30-24-27-13-33(31-24)12-15-7-8-16(26)9-20(15)25/h3-11,13H,12H2,1-2H3,(H,30,31,34). The van der Waals surface area contributed by atoms with Crippen LogP contribution in [0.4, 0.5) is 10.3 Å². The maximum absolute atomic E-state index is 13.3. The Morgan fingerprint density at radius 2 is 2.00 bits per heavy atom. The van der Waals surface area contributed by atoms with E-state index in [-0.39, 0.29) is 18.4 Å². The molecule has 1 N–H and O–H groups in total. The summed E-state index contributed by atoms with van der Waals surface area (Å²) in [5.74, 6) is -0.632. The lowest BCUT2D eigenvalue weighted by molar-refractivity contribution is 0.102. The smallest absolute Gasteiger partial charge is 0.258 e. The van der Waals surface area contributed by atoms with Crippen LogP contribution in [-0.4, -0.2) is 35.4 Å². The van der Waals surface area contributed by atoms with Gasteiger partial charge < -0.3 is 0 Å². The Balaban J connectivity index is 1.44. The number of halogens is 2. The molecule has 5 rings (SSSR count). The van der Waals surface area contributed by atoms with E-state index in [1.807, 2.05) is 38.2 Å². The Morgan fingerprint density at radius 3 is 2.76 bits per heavy atom. The van der Waals surface area contributed by atoms with Gasteiger partial charge in [-0.05, 0) is 36.8 Å². The zero-order valence-corrected chi connectivity index (χ0v) is 19.1. The van der Waals surface area contributed by atoms with Crippen LogP contribution in [0.2, 0.25) is 5.02 Å².